The monoisotopic (exact) mass is 310 g/mol. The van der Waals surface area contributed by atoms with Gasteiger partial charge in [-0.25, -0.2) is 4.98 Å². The highest BCUT2D eigenvalue weighted by molar-refractivity contribution is 5.67. The second-order valence-corrected chi connectivity index (χ2v) is 5.84. The highest BCUT2D eigenvalue weighted by Gasteiger charge is 2.13. The third-order valence-corrected chi connectivity index (χ3v) is 4.18. The fraction of sp³-hybridized carbons (Fsp3) is 0.0455. The normalized spacial score (nSPS) is 10.7. The lowest BCUT2D eigenvalue weighted by Gasteiger charge is -2.10. The predicted octanol–water partition coefficient (Wildman–Crippen LogP) is 5.51. The summed E-state index contributed by atoms with van der Waals surface area (Å²) in [4.78, 5) is 4.93. The summed E-state index contributed by atoms with van der Waals surface area (Å²) in [6, 6.07) is 29.1. The Morgan fingerprint density at radius 1 is 0.667 bits per heavy atom. The van der Waals surface area contributed by atoms with Gasteiger partial charge in [0.2, 0.25) is 0 Å². The predicted molar refractivity (Wildman–Crippen MR) is 99.2 cm³/mol. The Morgan fingerprint density at radius 2 is 1.25 bits per heavy atom. The summed E-state index contributed by atoms with van der Waals surface area (Å²) in [6.07, 6.45) is 2.12. The summed E-state index contributed by atoms with van der Waals surface area (Å²) in [5, 5.41) is 0. The smallest absolute Gasteiger partial charge is 0.145 e. The molecule has 0 unspecified atom stereocenters. The molecule has 0 aliphatic heterocycles. The maximum atomic E-state index is 4.93. The topological polar surface area (TPSA) is 17.8 Å². The van der Waals surface area contributed by atoms with Crippen molar-refractivity contribution in [2.24, 2.45) is 0 Å². The Morgan fingerprint density at radius 3 is 1.92 bits per heavy atom. The molecule has 3 aromatic carbocycles. The molecule has 0 spiro atoms. The van der Waals surface area contributed by atoms with Crippen LogP contribution >= 0.6 is 0 Å². The first-order valence-electron chi connectivity index (χ1n) is 8.09. The van der Waals surface area contributed by atoms with Crippen LogP contribution in [0.25, 0.3) is 28.3 Å². The third kappa shape index (κ3) is 2.63. The number of hydrogen-bond donors (Lipinski definition) is 0. The molecule has 2 nitrogen and oxygen atoms in total. The number of aryl methyl sites for hydroxylation is 1. The average molecular weight is 310 g/mol. The molecule has 0 saturated carbocycles. The number of rotatable bonds is 3. The zero-order chi connectivity index (χ0) is 16.4. The minimum absolute atomic E-state index is 0.962. The van der Waals surface area contributed by atoms with Crippen LogP contribution < -0.4 is 0 Å². The van der Waals surface area contributed by atoms with Crippen molar-refractivity contribution in [1.29, 1.82) is 0 Å². The third-order valence-electron chi connectivity index (χ3n) is 4.18. The van der Waals surface area contributed by atoms with E-state index in [1.165, 1.54) is 5.56 Å². The summed E-state index contributed by atoms with van der Waals surface area (Å²) in [5.41, 5.74) is 5.61. The van der Waals surface area contributed by atoms with Crippen molar-refractivity contribution >= 4 is 0 Å². The maximum absolute atomic E-state index is 4.93. The van der Waals surface area contributed by atoms with E-state index < -0.39 is 0 Å². The van der Waals surface area contributed by atoms with Gasteiger partial charge in [-0.05, 0) is 18.6 Å². The van der Waals surface area contributed by atoms with Crippen molar-refractivity contribution in [1.82, 2.24) is 9.55 Å². The summed E-state index contributed by atoms with van der Waals surface area (Å²) < 4.78 is 2.19. The lowest BCUT2D eigenvalue weighted by Crippen LogP contribution is -1.98. The zero-order valence-electron chi connectivity index (χ0n) is 13.6. The van der Waals surface area contributed by atoms with E-state index in [1.807, 2.05) is 36.4 Å². The SMILES string of the molecule is Cc1ccccc1-n1cc(-c2ccccc2)nc1-c1ccccc1. The molecule has 0 N–H and O–H groups in total. The number of nitrogens with zero attached hydrogens (tertiary/aromatic N) is 2. The van der Waals surface area contributed by atoms with Crippen LogP contribution in [-0.2, 0) is 0 Å². The highest BCUT2D eigenvalue weighted by atomic mass is 15.1. The minimum atomic E-state index is 0.962. The molecule has 0 aliphatic carbocycles. The maximum Gasteiger partial charge on any atom is 0.145 e. The molecular weight excluding hydrogens is 292 g/mol. The van der Waals surface area contributed by atoms with Crippen molar-refractivity contribution in [3.8, 4) is 28.3 Å². The van der Waals surface area contributed by atoms with Crippen molar-refractivity contribution in [2.75, 3.05) is 0 Å². The van der Waals surface area contributed by atoms with Crippen LogP contribution in [0.1, 0.15) is 5.56 Å². The second kappa shape index (κ2) is 6.17. The van der Waals surface area contributed by atoms with Gasteiger partial charge in [0.1, 0.15) is 5.82 Å². The first-order chi connectivity index (χ1) is 11.8. The number of para-hydroxylation sites is 1. The molecule has 0 atom stereocenters. The molecule has 4 rings (SSSR count). The van der Waals surface area contributed by atoms with E-state index in [9.17, 15) is 0 Å². The number of imidazole rings is 1. The Hall–Kier alpha value is -3.13. The minimum Gasteiger partial charge on any atom is -0.299 e. The Balaban J connectivity index is 1.94. The Kier molecular flexibility index (Phi) is 3.72. The quantitative estimate of drug-likeness (QED) is 0.487. The van der Waals surface area contributed by atoms with Gasteiger partial charge >= 0.3 is 0 Å². The molecule has 0 radical (unpaired) electrons. The van der Waals surface area contributed by atoms with Crippen molar-refractivity contribution in [3.05, 3.63) is 96.7 Å². The van der Waals surface area contributed by atoms with Gasteiger partial charge in [-0.2, -0.15) is 0 Å². The van der Waals surface area contributed by atoms with Crippen molar-refractivity contribution in [3.63, 3.8) is 0 Å². The van der Waals surface area contributed by atoms with E-state index in [0.29, 0.717) is 0 Å². The molecule has 1 aromatic heterocycles. The van der Waals surface area contributed by atoms with Crippen LogP contribution in [0.2, 0.25) is 0 Å². The molecule has 2 heteroatoms. The largest absolute Gasteiger partial charge is 0.299 e. The van der Waals surface area contributed by atoms with Crippen LogP contribution in [0.4, 0.5) is 0 Å². The molecular formula is C22H18N2. The molecule has 0 bridgehead atoms. The van der Waals surface area contributed by atoms with Crippen molar-refractivity contribution < 1.29 is 0 Å². The standard InChI is InChI=1S/C22H18N2/c1-17-10-8-9-15-21(17)24-16-20(18-11-4-2-5-12-18)23-22(24)19-13-6-3-7-14-19/h2-16H,1H3. The van der Waals surface area contributed by atoms with Crippen LogP contribution in [0.3, 0.4) is 0 Å². The van der Waals surface area contributed by atoms with E-state index in [4.69, 9.17) is 4.98 Å². The summed E-state index contributed by atoms with van der Waals surface area (Å²) in [6.45, 7) is 2.13. The number of hydrogen-bond acceptors (Lipinski definition) is 1. The first kappa shape index (κ1) is 14.5. The molecule has 0 saturated heterocycles. The van der Waals surface area contributed by atoms with Gasteiger partial charge in [-0.1, -0.05) is 78.9 Å². The molecule has 24 heavy (non-hydrogen) atoms. The van der Waals surface area contributed by atoms with Crippen LogP contribution in [0.5, 0.6) is 0 Å². The van der Waals surface area contributed by atoms with Gasteiger partial charge in [-0.15, -0.1) is 0 Å². The highest BCUT2D eigenvalue weighted by Crippen LogP contribution is 2.28. The van der Waals surface area contributed by atoms with Crippen molar-refractivity contribution in [2.45, 2.75) is 6.92 Å². The molecule has 4 aromatic rings. The van der Waals surface area contributed by atoms with Crippen LogP contribution in [0.15, 0.2) is 91.1 Å². The lowest BCUT2D eigenvalue weighted by molar-refractivity contribution is 1.05. The van der Waals surface area contributed by atoms with Gasteiger partial charge < -0.3 is 0 Å². The second-order valence-electron chi connectivity index (χ2n) is 5.84. The zero-order valence-corrected chi connectivity index (χ0v) is 13.6. The molecule has 0 amide bonds. The Labute approximate surface area is 142 Å². The first-order valence-corrected chi connectivity index (χ1v) is 8.09. The summed E-state index contributed by atoms with van der Waals surface area (Å²) in [7, 11) is 0. The van der Waals surface area contributed by atoms with Crippen LogP contribution in [0, 0.1) is 6.92 Å². The lowest BCUT2D eigenvalue weighted by atomic mass is 10.1. The molecule has 0 aliphatic rings. The molecule has 1 heterocycles. The number of aromatic nitrogens is 2. The van der Waals surface area contributed by atoms with Crippen LogP contribution in [-0.4, -0.2) is 9.55 Å². The van der Waals surface area contributed by atoms with Gasteiger partial charge in [0.25, 0.3) is 0 Å². The van der Waals surface area contributed by atoms with E-state index in [0.717, 1.165) is 28.3 Å². The summed E-state index contributed by atoms with van der Waals surface area (Å²) in [5.74, 6) is 0.962. The Bertz CT molecular complexity index is 954. The van der Waals surface area contributed by atoms with Gasteiger partial charge in [0.15, 0.2) is 0 Å². The van der Waals surface area contributed by atoms with Gasteiger partial charge in [-0.3, -0.25) is 4.57 Å². The van der Waals surface area contributed by atoms with E-state index in [2.05, 4.69) is 66.2 Å². The van der Waals surface area contributed by atoms with Gasteiger partial charge in [0, 0.05) is 23.0 Å². The molecule has 0 fully saturated rings. The van der Waals surface area contributed by atoms with E-state index in [-0.39, 0.29) is 0 Å². The number of benzene rings is 3. The van der Waals surface area contributed by atoms with E-state index >= 15 is 0 Å². The molecule has 116 valence electrons. The summed E-state index contributed by atoms with van der Waals surface area (Å²) >= 11 is 0. The van der Waals surface area contributed by atoms with Gasteiger partial charge in [0.05, 0.1) is 5.69 Å². The fourth-order valence-corrected chi connectivity index (χ4v) is 2.94. The fourth-order valence-electron chi connectivity index (χ4n) is 2.94. The van der Waals surface area contributed by atoms with E-state index in [1.54, 1.807) is 0 Å². The average Bonchev–Trinajstić information content (AvgIpc) is 3.09.